The topological polar surface area (TPSA) is 29.3 Å². The zero-order chi connectivity index (χ0) is 11.1. The number of hydrogen-bond acceptors (Lipinski definition) is 2. The second kappa shape index (κ2) is 3.62. The van der Waals surface area contributed by atoms with Gasteiger partial charge in [-0.25, -0.2) is 0 Å². The van der Waals surface area contributed by atoms with E-state index in [0.717, 1.165) is 19.6 Å². The van der Waals surface area contributed by atoms with E-state index in [1.165, 1.54) is 16.7 Å². The summed E-state index contributed by atoms with van der Waals surface area (Å²) in [6.45, 7) is 9.38. The van der Waals surface area contributed by atoms with Gasteiger partial charge in [0.05, 0.1) is 0 Å². The summed E-state index contributed by atoms with van der Waals surface area (Å²) in [5.74, 6) is 0. The molecule has 2 N–H and O–H groups in total. The Morgan fingerprint density at radius 3 is 2.60 bits per heavy atom. The first-order valence-corrected chi connectivity index (χ1v) is 5.54. The van der Waals surface area contributed by atoms with Crippen molar-refractivity contribution in [2.24, 2.45) is 5.73 Å². The van der Waals surface area contributed by atoms with E-state index in [2.05, 4.69) is 43.9 Å². The molecule has 82 valence electrons. The first-order valence-electron chi connectivity index (χ1n) is 5.54. The molecule has 0 fully saturated rings. The first-order chi connectivity index (χ1) is 6.94. The summed E-state index contributed by atoms with van der Waals surface area (Å²) in [5, 5.41) is 0. The van der Waals surface area contributed by atoms with Crippen LogP contribution in [0, 0.1) is 6.92 Å². The average Bonchev–Trinajstić information content (AvgIpc) is 2.42. The van der Waals surface area contributed by atoms with Gasteiger partial charge >= 0.3 is 0 Å². The van der Waals surface area contributed by atoms with Crippen LogP contribution >= 0.6 is 0 Å². The molecule has 0 aromatic heterocycles. The summed E-state index contributed by atoms with van der Waals surface area (Å²) in [6, 6.07) is 6.73. The van der Waals surface area contributed by atoms with Crippen molar-refractivity contribution >= 4 is 0 Å². The Labute approximate surface area is 92.1 Å². The molecule has 15 heavy (non-hydrogen) atoms. The molecule has 0 saturated carbocycles. The lowest BCUT2D eigenvalue weighted by atomic mass is 10.1. The highest BCUT2D eigenvalue weighted by atomic mass is 15.2. The minimum absolute atomic E-state index is 0.100. The van der Waals surface area contributed by atoms with Crippen molar-refractivity contribution in [1.82, 2.24) is 4.90 Å². The van der Waals surface area contributed by atoms with Crippen LogP contribution in [0.4, 0.5) is 0 Å². The number of benzene rings is 1. The van der Waals surface area contributed by atoms with Crippen LogP contribution in [0.3, 0.4) is 0 Å². The third-order valence-electron chi connectivity index (χ3n) is 2.78. The van der Waals surface area contributed by atoms with Gasteiger partial charge < -0.3 is 5.73 Å². The second-order valence-electron chi connectivity index (χ2n) is 5.41. The molecule has 2 nitrogen and oxygen atoms in total. The zero-order valence-corrected chi connectivity index (χ0v) is 9.88. The fraction of sp³-hybridized carbons (Fsp3) is 0.538. The molecule has 2 heteroatoms. The van der Waals surface area contributed by atoms with E-state index in [1.54, 1.807) is 0 Å². The van der Waals surface area contributed by atoms with Crippen LogP contribution in [-0.4, -0.2) is 17.0 Å². The lowest BCUT2D eigenvalue weighted by molar-refractivity contribution is 0.230. The number of nitrogens with two attached hydrogens (primary N) is 1. The minimum Gasteiger partial charge on any atom is -0.324 e. The summed E-state index contributed by atoms with van der Waals surface area (Å²) >= 11 is 0. The number of hydrogen-bond donors (Lipinski definition) is 1. The predicted molar refractivity (Wildman–Crippen MR) is 63.6 cm³/mol. The van der Waals surface area contributed by atoms with E-state index >= 15 is 0 Å². The largest absolute Gasteiger partial charge is 0.324 e. The summed E-state index contributed by atoms with van der Waals surface area (Å²) < 4.78 is 0. The van der Waals surface area contributed by atoms with Crippen molar-refractivity contribution in [2.75, 3.05) is 6.54 Å². The van der Waals surface area contributed by atoms with Crippen LogP contribution in [-0.2, 0) is 13.1 Å². The van der Waals surface area contributed by atoms with Gasteiger partial charge in [-0.1, -0.05) is 23.8 Å². The third kappa shape index (κ3) is 2.58. The van der Waals surface area contributed by atoms with Crippen LogP contribution < -0.4 is 5.73 Å². The lowest BCUT2D eigenvalue weighted by Gasteiger charge is -2.25. The highest BCUT2D eigenvalue weighted by Crippen LogP contribution is 2.24. The molecule has 1 aromatic rings. The summed E-state index contributed by atoms with van der Waals surface area (Å²) in [4.78, 5) is 2.42. The maximum Gasteiger partial charge on any atom is 0.0241 e. The summed E-state index contributed by atoms with van der Waals surface area (Å²) in [5.41, 5.74) is 10.2. The molecule has 0 atom stereocenters. The number of nitrogens with zero attached hydrogens (tertiary/aromatic N) is 1. The SMILES string of the molecule is Cc1ccc2c(c1)CN(CC(C)(C)N)C2. The molecular weight excluding hydrogens is 184 g/mol. The molecule has 0 amide bonds. The van der Waals surface area contributed by atoms with Crippen LogP contribution in [0.1, 0.15) is 30.5 Å². The van der Waals surface area contributed by atoms with Crippen LogP contribution in [0.25, 0.3) is 0 Å². The minimum atomic E-state index is -0.100. The molecule has 1 aliphatic heterocycles. The van der Waals surface area contributed by atoms with Crippen LogP contribution in [0.2, 0.25) is 0 Å². The van der Waals surface area contributed by atoms with Gasteiger partial charge in [0.2, 0.25) is 0 Å². The molecular formula is C13H20N2. The van der Waals surface area contributed by atoms with Crippen molar-refractivity contribution < 1.29 is 0 Å². The van der Waals surface area contributed by atoms with Gasteiger partial charge in [0, 0.05) is 25.2 Å². The summed E-state index contributed by atoms with van der Waals surface area (Å²) in [6.07, 6.45) is 0. The van der Waals surface area contributed by atoms with Crippen molar-refractivity contribution in [3.63, 3.8) is 0 Å². The van der Waals surface area contributed by atoms with Crippen molar-refractivity contribution in [2.45, 2.75) is 39.4 Å². The quantitative estimate of drug-likeness (QED) is 0.799. The Balaban J connectivity index is 2.09. The van der Waals surface area contributed by atoms with Gasteiger partial charge in [-0.15, -0.1) is 0 Å². The Hall–Kier alpha value is -0.860. The van der Waals surface area contributed by atoms with Crippen LogP contribution in [0.15, 0.2) is 18.2 Å². The van der Waals surface area contributed by atoms with E-state index in [1.807, 2.05) is 0 Å². The normalized spacial score (nSPS) is 16.8. The molecule has 0 aliphatic carbocycles. The molecule has 0 unspecified atom stereocenters. The van der Waals surface area contributed by atoms with Crippen molar-refractivity contribution in [3.05, 3.63) is 34.9 Å². The molecule has 0 radical (unpaired) electrons. The summed E-state index contributed by atoms with van der Waals surface area (Å²) in [7, 11) is 0. The average molecular weight is 204 g/mol. The second-order valence-corrected chi connectivity index (χ2v) is 5.41. The van der Waals surface area contributed by atoms with Gasteiger partial charge in [0.15, 0.2) is 0 Å². The van der Waals surface area contributed by atoms with E-state index in [-0.39, 0.29) is 5.54 Å². The fourth-order valence-electron chi connectivity index (χ4n) is 2.28. The van der Waals surface area contributed by atoms with Gasteiger partial charge in [0.1, 0.15) is 0 Å². The number of aryl methyl sites for hydroxylation is 1. The first kappa shape index (κ1) is 10.7. The maximum atomic E-state index is 6.04. The van der Waals surface area contributed by atoms with Gasteiger partial charge in [-0.3, -0.25) is 4.90 Å². The van der Waals surface area contributed by atoms with Gasteiger partial charge in [-0.2, -0.15) is 0 Å². The molecule has 1 aromatic carbocycles. The maximum absolute atomic E-state index is 6.04. The molecule has 0 spiro atoms. The Bertz CT molecular complexity index is 363. The smallest absolute Gasteiger partial charge is 0.0241 e. The predicted octanol–water partition coefficient (Wildman–Crippen LogP) is 2.05. The molecule has 0 saturated heterocycles. The van der Waals surface area contributed by atoms with Gasteiger partial charge in [0.25, 0.3) is 0 Å². The van der Waals surface area contributed by atoms with Gasteiger partial charge in [-0.05, 0) is 31.9 Å². The van der Waals surface area contributed by atoms with Crippen LogP contribution in [0.5, 0.6) is 0 Å². The van der Waals surface area contributed by atoms with E-state index in [4.69, 9.17) is 5.73 Å². The highest BCUT2D eigenvalue weighted by molar-refractivity contribution is 5.34. The van der Waals surface area contributed by atoms with E-state index in [0.29, 0.717) is 0 Å². The fourth-order valence-corrected chi connectivity index (χ4v) is 2.28. The van der Waals surface area contributed by atoms with Crippen molar-refractivity contribution in [1.29, 1.82) is 0 Å². The Morgan fingerprint density at radius 1 is 1.27 bits per heavy atom. The third-order valence-corrected chi connectivity index (χ3v) is 2.78. The molecule has 1 heterocycles. The Morgan fingerprint density at radius 2 is 1.93 bits per heavy atom. The van der Waals surface area contributed by atoms with E-state index < -0.39 is 0 Å². The van der Waals surface area contributed by atoms with Crippen molar-refractivity contribution in [3.8, 4) is 0 Å². The molecule has 1 aliphatic rings. The monoisotopic (exact) mass is 204 g/mol. The zero-order valence-electron chi connectivity index (χ0n) is 9.88. The Kier molecular flexibility index (Phi) is 2.57. The molecule has 2 rings (SSSR count). The standard InChI is InChI=1S/C13H20N2/c1-10-4-5-11-7-15(8-12(11)6-10)9-13(2,3)14/h4-6H,7-9,14H2,1-3H3. The number of fused-ring (bicyclic) bond motifs is 1. The highest BCUT2D eigenvalue weighted by Gasteiger charge is 2.23. The lowest BCUT2D eigenvalue weighted by Crippen LogP contribution is -2.43. The number of rotatable bonds is 2. The molecule has 0 bridgehead atoms. The van der Waals surface area contributed by atoms with E-state index in [9.17, 15) is 0 Å².